The van der Waals surface area contributed by atoms with Crippen molar-refractivity contribution in [1.29, 1.82) is 0 Å². The second kappa shape index (κ2) is 4.28. The van der Waals surface area contributed by atoms with E-state index in [9.17, 15) is 5.21 Å². The van der Waals surface area contributed by atoms with Gasteiger partial charge in [0.25, 0.3) is 0 Å². The zero-order chi connectivity index (χ0) is 12.7. The van der Waals surface area contributed by atoms with Gasteiger partial charge >= 0.3 is 0 Å². The molecule has 3 heterocycles. The van der Waals surface area contributed by atoms with Crippen LogP contribution in [0.4, 0.5) is 0 Å². The number of aliphatic hydroxyl groups is 1. The number of fused-ring (bicyclic) bond motifs is 1. The molecule has 0 aromatic heterocycles. The molecule has 0 aromatic rings. The lowest BCUT2D eigenvalue weighted by atomic mass is 10.2. The minimum Gasteiger partial charge on any atom is -0.394 e. The third-order valence-corrected chi connectivity index (χ3v) is 3.17. The van der Waals surface area contributed by atoms with Crippen LogP contribution in [0.5, 0.6) is 0 Å². The number of nitrogens with zero attached hydrogens (tertiary/aromatic N) is 4. The van der Waals surface area contributed by atoms with Crippen molar-refractivity contribution in [2.24, 2.45) is 10.9 Å². The lowest BCUT2D eigenvalue weighted by Crippen LogP contribution is -2.50. The first kappa shape index (κ1) is 11.5. The van der Waals surface area contributed by atoms with Gasteiger partial charge in [-0.1, -0.05) is 0 Å². The maximum Gasteiger partial charge on any atom is 0.193 e. The maximum atomic E-state index is 9.53. The summed E-state index contributed by atoms with van der Waals surface area (Å²) >= 11 is 0. The van der Waals surface area contributed by atoms with Gasteiger partial charge in [-0.05, 0) is 12.8 Å². The normalized spacial score (nSPS) is 31.2. The summed E-state index contributed by atoms with van der Waals surface area (Å²) in [6.07, 6.45) is 2.72. The lowest BCUT2D eigenvalue weighted by Gasteiger charge is -2.32. The Morgan fingerprint density at radius 3 is 3.11 bits per heavy atom. The topological polar surface area (TPSA) is 110 Å². The summed E-state index contributed by atoms with van der Waals surface area (Å²) in [4.78, 5) is 0. The monoisotopic (exact) mass is 256 g/mol. The molecule has 0 spiro atoms. The van der Waals surface area contributed by atoms with Crippen LogP contribution in [0.2, 0.25) is 0 Å². The van der Waals surface area contributed by atoms with Crippen LogP contribution in [-0.4, -0.2) is 56.8 Å². The fourth-order valence-electron chi connectivity index (χ4n) is 2.29. The van der Waals surface area contributed by atoms with Crippen LogP contribution in [0.3, 0.4) is 0 Å². The van der Waals surface area contributed by atoms with Crippen molar-refractivity contribution in [2.75, 3.05) is 13.3 Å². The number of hydrogen-bond donors (Lipinski definition) is 4. The number of aliphatic hydroxyl groups excluding tert-OH is 1. The van der Waals surface area contributed by atoms with Gasteiger partial charge in [-0.25, -0.2) is 21.4 Å². The molecule has 0 saturated carbocycles. The lowest BCUT2D eigenvalue weighted by molar-refractivity contribution is -0.0859. The highest BCUT2D eigenvalue weighted by molar-refractivity contribution is 5.98. The second-order valence-electron chi connectivity index (χ2n) is 4.44. The molecule has 0 aromatic carbocycles. The van der Waals surface area contributed by atoms with Gasteiger partial charge in [-0.2, -0.15) is 0 Å². The average molecular weight is 256 g/mol. The molecule has 1 saturated heterocycles. The molecule has 0 radical (unpaired) electrons. The molecule has 0 aliphatic carbocycles. The highest BCUT2D eigenvalue weighted by Crippen LogP contribution is 2.28. The van der Waals surface area contributed by atoms with Crippen molar-refractivity contribution in [3.63, 3.8) is 0 Å². The van der Waals surface area contributed by atoms with Crippen LogP contribution in [0, 0.1) is 0 Å². The number of hydrogen-bond acceptors (Lipinski definition) is 9. The summed E-state index contributed by atoms with van der Waals surface area (Å²) in [6, 6.07) is 0. The van der Waals surface area contributed by atoms with Gasteiger partial charge in [0.05, 0.1) is 18.9 Å². The quantitative estimate of drug-likeness (QED) is 0.433. The molecule has 3 aliphatic rings. The van der Waals surface area contributed by atoms with E-state index in [1.807, 2.05) is 0 Å². The summed E-state index contributed by atoms with van der Waals surface area (Å²) in [5.41, 5.74) is 3.47. The van der Waals surface area contributed by atoms with Crippen LogP contribution in [-0.2, 0) is 4.74 Å². The molecule has 1 fully saturated rings. The largest absolute Gasteiger partial charge is 0.394 e. The number of amidine groups is 1. The van der Waals surface area contributed by atoms with Crippen LogP contribution in [0.15, 0.2) is 17.0 Å². The number of nitrogens with one attached hydrogen (secondary N) is 1. The average Bonchev–Trinajstić information content (AvgIpc) is 2.93. The Kier molecular flexibility index (Phi) is 2.74. The fourth-order valence-corrected chi connectivity index (χ4v) is 2.29. The fraction of sp³-hybridized carbons (Fsp3) is 0.667. The summed E-state index contributed by atoms with van der Waals surface area (Å²) < 4.78 is 5.65. The minimum absolute atomic E-state index is 0.00619. The van der Waals surface area contributed by atoms with Crippen LogP contribution in [0.25, 0.3) is 0 Å². The molecule has 100 valence electrons. The molecule has 3 rings (SSSR count). The standard InChI is InChI=1S/C9H16N6O3/c10-14-5-13(17)3-7-9(14)11-12-15(7)8-2-1-6(4-16)18-8/h3,6,8,12,16-17H,1-2,4-5,10H2/t6-,8+/m0/s1. The van der Waals surface area contributed by atoms with Crippen molar-refractivity contribution >= 4 is 5.84 Å². The van der Waals surface area contributed by atoms with E-state index < -0.39 is 0 Å². The van der Waals surface area contributed by atoms with Gasteiger partial charge < -0.3 is 9.84 Å². The Balaban J connectivity index is 1.77. The summed E-state index contributed by atoms with van der Waals surface area (Å²) in [6.45, 7) is 0.162. The Morgan fingerprint density at radius 2 is 2.39 bits per heavy atom. The SMILES string of the molecule is NN1CN(O)C=C2C1=NNN2[C@H]1CC[C@@H](CO)O1. The molecular weight excluding hydrogens is 240 g/mol. The van der Waals surface area contributed by atoms with Crippen molar-refractivity contribution < 1.29 is 15.1 Å². The molecule has 9 nitrogen and oxygen atoms in total. The highest BCUT2D eigenvalue weighted by atomic mass is 16.5. The van der Waals surface area contributed by atoms with E-state index in [1.165, 1.54) is 11.2 Å². The van der Waals surface area contributed by atoms with Crippen molar-refractivity contribution in [3.05, 3.63) is 11.9 Å². The molecule has 18 heavy (non-hydrogen) atoms. The molecule has 2 atom stereocenters. The zero-order valence-corrected chi connectivity index (χ0v) is 9.73. The zero-order valence-electron chi connectivity index (χ0n) is 9.73. The summed E-state index contributed by atoms with van der Waals surface area (Å²) in [7, 11) is 0. The predicted molar refractivity (Wildman–Crippen MR) is 60.0 cm³/mol. The number of hydrazine groups is 2. The summed E-state index contributed by atoms with van der Waals surface area (Å²) in [5, 5.41) is 26.7. The van der Waals surface area contributed by atoms with E-state index in [0.717, 1.165) is 17.9 Å². The number of hydrazone groups is 1. The molecular formula is C9H16N6O3. The third kappa shape index (κ3) is 1.77. The Bertz CT molecular complexity index is 400. The van der Waals surface area contributed by atoms with E-state index in [0.29, 0.717) is 11.5 Å². The second-order valence-corrected chi connectivity index (χ2v) is 4.44. The minimum atomic E-state index is -0.227. The highest BCUT2D eigenvalue weighted by Gasteiger charge is 2.38. The number of rotatable bonds is 2. The van der Waals surface area contributed by atoms with E-state index in [2.05, 4.69) is 10.6 Å². The Morgan fingerprint density at radius 1 is 1.56 bits per heavy atom. The molecule has 9 heteroatoms. The van der Waals surface area contributed by atoms with E-state index in [1.54, 1.807) is 5.01 Å². The first-order valence-electron chi connectivity index (χ1n) is 5.78. The van der Waals surface area contributed by atoms with E-state index >= 15 is 0 Å². The van der Waals surface area contributed by atoms with Gasteiger partial charge in [0.2, 0.25) is 0 Å². The van der Waals surface area contributed by atoms with E-state index in [-0.39, 0.29) is 25.6 Å². The third-order valence-electron chi connectivity index (χ3n) is 3.17. The van der Waals surface area contributed by atoms with Gasteiger partial charge in [0.15, 0.2) is 12.1 Å². The molecule has 3 aliphatic heterocycles. The molecule has 5 N–H and O–H groups in total. The number of nitrogens with two attached hydrogens (primary N) is 1. The van der Waals surface area contributed by atoms with Crippen molar-refractivity contribution in [2.45, 2.75) is 25.2 Å². The van der Waals surface area contributed by atoms with Gasteiger partial charge in [0, 0.05) is 0 Å². The van der Waals surface area contributed by atoms with Gasteiger partial charge in [-0.3, -0.25) is 10.2 Å². The van der Waals surface area contributed by atoms with Crippen molar-refractivity contribution in [3.8, 4) is 0 Å². The Hall–Kier alpha value is -1.55. The molecule has 0 unspecified atom stereocenters. The predicted octanol–water partition coefficient (Wildman–Crippen LogP) is -1.70. The molecule has 0 amide bonds. The number of hydroxylamine groups is 2. The first-order valence-corrected chi connectivity index (χ1v) is 5.78. The first-order chi connectivity index (χ1) is 8.69. The van der Waals surface area contributed by atoms with Crippen LogP contribution < -0.4 is 11.4 Å². The van der Waals surface area contributed by atoms with E-state index in [4.69, 9.17) is 15.7 Å². The van der Waals surface area contributed by atoms with Crippen molar-refractivity contribution in [1.82, 2.24) is 20.6 Å². The van der Waals surface area contributed by atoms with Gasteiger partial charge in [0.1, 0.15) is 12.4 Å². The van der Waals surface area contributed by atoms with Gasteiger partial charge in [-0.15, -0.1) is 5.10 Å². The number of ether oxygens (including phenoxy) is 1. The smallest absolute Gasteiger partial charge is 0.193 e. The summed E-state index contributed by atoms with van der Waals surface area (Å²) in [5.74, 6) is 6.29. The Labute approximate surface area is 104 Å². The van der Waals surface area contributed by atoms with Crippen LogP contribution in [0.1, 0.15) is 12.8 Å². The molecule has 0 bridgehead atoms. The maximum absolute atomic E-state index is 9.53. The van der Waals surface area contributed by atoms with Crippen LogP contribution >= 0.6 is 0 Å².